The van der Waals surface area contributed by atoms with Crippen LogP contribution in [0.4, 0.5) is 0 Å². The van der Waals surface area contributed by atoms with Crippen LogP contribution in [0.2, 0.25) is 0 Å². The van der Waals surface area contributed by atoms with Gasteiger partial charge in [-0.1, -0.05) is 6.58 Å². The van der Waals surface area contributed by atoms with Crippen molar-refractivity contribution in [3.63, 3.8) is 0 Å². The summed E-state index contributed by atoms with van der Waals surface area (Å²) >= 11 is 0. The Morgan fingerprint density at radius 2 is 1.65 bits per heavy atom. The van der Waals surface area contributed by atoms with Gasteiger partial charge in [0.1, 0.15) is 0 Å². The average molecular weight is 267 g/mol. The van der Waals surface area contributed by atoms with E-state index in [9.17, 15) is 4.79 Å². The molecule has 0 rings (SSSR count). The second-order valence-corrected chi connectivity index (χ2v) is 6.01. The zero-order valence-electron chi connectivity index (χ0n) is 11.2. The molecule has 0 saturated heterocycles. The van der Waals surface area contributed by atoms with Crippen LogP contribution in [0.5, 0.6) is 0 Å². The van der Waals surface area contributed by atoms with Crippen molar-refractivity contribution in [2.75, 3.05) is 27.4 Å². The molecule has 0 bridgehead atoms. The van der Waals surface area contributed by atoms with Gasteiger partial charge in [-0.15, -0.1) is 0 Å². The van der Waals surface area contributed by atoms with Crippen LogP contribution in [0.1, 0.15) is 13.8 Å². The Bertz CT molecular complexity index is 359. The molecule has 0 heterocycles. The third kappa shape index (κ3) is 15.1. The van der Waals surface area contributed by atoms with Crippen molar-refractivity contribution >= 4 is 16.1 Å². The molecular formula is C10H21NO5S. The summed E-state index contributed by atoms with van der Waals surface area (Å²) in [4.78, 5) is 11.1. The van der Waals surface area contributed by atoms with Crippen LogP contribution < -0.4 is 0 Å². The van der Waals surface area contributed by atoms with Crippen LogP contribution in [0.25, 0.3) is 0 Å². The normalized spacial score (nSPS) is 13.1. The van der Waals surface area contributed by atoms with Gasteiger partial charge in [-0.05, 0) is 6.92 Å². The molecule has 0 amide bonds. The van der Waals surface area contributed by atoms with Crippen molar-refractivity contribution < 1.29 is 27.0 Å². The van der Waals surface area contributed by atoms with E-state index in [0.717, 1.165) is 0 Å². The Balaban J connectivity index is 0. The number of hydrogen-bond donors (Lipinski definition) is 0. The largest absolute Gasteiger partial charge is 0.748 e. The maximum absolute atomic E-state index is 11.1. The summed E-state index contributed by atoms with van der Waals surface area (Å²) in [5.41, 5.74) is 0.440. The standard InChI is InChI=1S/C9H18NO2.CH4O3S/c1-7(2)9(11)12-8(3)10(4,5)6;1-5(2,3)4/h8H,1H2,2-6H3;1H3,(H,2,3,4)/q+1;/p-1. The van der Waals surface area contributed by atoms with Crippen molar-refractivity contribution in [3.05, 3.63) is 12.2 Å². The van der Waals surface area contributed by atoms with Crippen molar-refractivity contribution in [1.29, 1.82) is 0 Å². The number of ether oxygens (including phenoxy) is 1. The maximum Gasteiger partial charge on any atom is 0.337 e. The molecule has 0 aliphatic carbocycles. The van der Waals surface area contributed by atoms with Crippen LogP contribution in [0.3, 0.4) is 0 Å². The zero-order valence-corrected chi connectivity index (χ0v) is 12.0. The lowest BCUT2D eigenvalue weighted by Gasteiger charge is -2.30. The molecule has 17 heavy (non-hydrogen) atoms. The molecular weight excluding hydrogens is 246 g/mol. The SMILES string of the molecule is C=C(C)C(=O)OC(C)[N+](C)(C)C.CS(=O)(=O)[O-]. The Morgan fingerprint density at radius 3 is 1.82 bits per heavy atom. The van der Waals surface area contributed by atoms with E-state index in [-0.39, 0.29) is 12.2 Å². The van der Waals surface area contributed by atoms with E-state index in [0.29, 0.717) is 16.3 Å². The summed E-state index contributed by atoms with van der Waals surface area (Å²) in [7, 11) is 1.99. The Hall–Kier alpha value is -0.920. The highest BCUT2D eigenvalue weighted by Crippen LogP contribution is 2.06. The van der Waals surface area contributed by atoms with Crippen LogP contribution in [-0.4, -0.2) is 57.0 Å². The first kappa shape index (κ1) is 18.4. The number of carbonyl (C=O) groups is 1. The van der Waals surface area contributed by atoms with Crippen molar-refractivity contribution in [2.45, 2.75) is 20.1 Å². The monoisotopic (exact) mass is 267 g/mol. The molecule has 0 spiro atoms. The molecule has 1 unspecified atom stereocenters. The highest BCUT2D eigenvalue weighted by Gasteiger charge is 2.22. The molecule has 0 aromatic carbocycles. The fourth-order valence-corrected chi connectivity index (χ4v) is 0.414. The molecule has 0 aliphatic rings. The van der Waals surface area contributed by atoms with Gasteiger partial charge < -0.3 is 9.29 Å². The maximum atomic E-state index is 11.1. The smallest absolute Gasteiger partial charge is 0.337 e. The zero-order chi connectivity index (χ0) is 14.4. The van der Waals surface area contributed by atoms with Gasteiger partial charge in [0, 0.05) is 18.8 Å². The average Bonchev–Trinajstić information content (AvgIpc) is 1.98. The fraction of sp³-hybridized carbons (Fsp3) is 0.700. The third-order valence-corrected chi connectivity index (χ3v) is 1.72. The third-order valence-electron chi connectivity index (χ3n) is 1.72. The highest BCUT2D eigenvalue weighted by atomic mass is 32.2. The molecule has 102 valence electrons. The van der Waals surface area contributed by atoms with Crippen LogP contribution in [0.15, 0.2) is 12.2 Å². The van der Waals surface area contributed by atoms with Gasteiger partial charge in [0.05, 0.1) is 31.3 Å². The summed E-state index contributed by atoms with van der Waals surface area (Å²) in [5, 5.41) is 0. The molecule has 0 aromatic rings. The van der Waals surface area contributed by atoms with Crippen molar-refractivity contribution in [1.82, 2.24) is 0 Å². The molecule has 7 heteroatoms. The Morgan fingerprint density at radius 1 is 1.35 bits per heavy atom. The second-order valence-electron chi connectivity index (χ2n) is 4.61. The minimum absolute atomic E-state index is 0.144. The number of nitrogens with zero attached hydrogens (tertiary/aromatic N) is 1. The lowest BCUT2D eigenvalue weighted by Crippen LogP contribution is -2.45. The lowest BCUT2D eigenvalue weighted by atomic mass is 10.3. The van der Waals surface area contributed by atoms with E-state index in [1.54, 1.807) is 6.92 Å². The molecule has 1 atom stereocenters. The van der Waals surface area contributed by atoms with Crippen LogP contribution >= 0.6 is 0 Å². The van der Waals surface area contributed by atoms with E-state index in [1.165, 1.54) is 0 Å². The summed E-state index contributed by atoms with van der Waals surface area (Å²) < 4.78 is 32.9. The lowest BCUT2D eigenvalue weighted by molar-refractivity contribution is -0.914. The fourth-order valence-electron chi connectivity index (χ4n) is 0.414. The summed E-state index contributed by atoms with van der Waals surface area (Å²) in [6.45, 7) is 7.01. The summed E-state index contributed by atoms with van der Waals surface area (Å²) in [5.74, 6) is -0.324. The van der Waals surface area contributed by atoms with E-state index >= 15 is 0 Å². The molecule has 0 aliphatic heterocycles. The minimum Gasteiger partial charge on any atom is -0.748 e. The molecule has 0 saturated carbocycles. The van der Waals surface area contributed by atoms with Gasteiger partial charge in [0.2, 0.25) is 6.23 Å². The molecule has 0 N–H and O–H groups in total. The van der Waals surface area contributed by atoms with E-state index < -0.39 is 10.1 Å². The van der Waals surface area contributed by atoms with E-state index in [1.807, 2.05) is 28.1 Å². The first-order valence-corrected chi connectivity index (χ1v) is 6.65. The minimum atomic E-state index is -3.92. The summed E-state index contributed by atoms with van der Waals surface area (Å²) in [6.07, 6.45) is 0.460. The highest BCUT2D eigenvalue weighted by molar-refractivity contribution is 7.84. The van der Waals surface area contributed by atoms with Gasteiger partial charge in [-0.25, -0.2) is 13.2 Å². The van der Waals surface area contributed by atoms with E-state index in [2.05, 4.69) is 6.58 Å². The predicted octanol–water partition coefficient (Wildman–Crippen LogP) is 0.319. The van der Waals surface area contributed by atoms with Gasteiger partial charge >= 0.3 is 5.97 Å². The first-order valence-electron chi connectivity index (χ1n) is 4.83. The van der Waals surface area contributed by atoms with Gasteiger partial charge in [0.15, 0.2) is 0 Å². The number of quaternary nitrogens is 1. The number of esters is 1. The number of hydrogen-bond acceptors (Lipinski definition) is 5. The Labute approximate surface area is 103 Å². The molecule has 0 radical (unpaired) electrons. The topological polar surface area (TPSA) is 83.5 Å². The van der Waals surface area contributed by atoms with Gasteiger partial charge in [-0.2, -0.15) is 0 Å². The van der Waals surface area contributed by atoms with Gasteiger partial charge in [-0.3, -0.25) is 4.48 Å². The molecule has 0 fully saturated rings. The quantitative estimate of drug-likeness (QED) is 0.242. The molecule has 0 aromatic heterocycles. The van der Waals surface area contributed by atoms with Crippen molar-refractivity contribution in [2.24, 2.45) is 0 Å². The Kier molecular flexibility index (Phi) is 7.30. The number of carbonyl (C=O) groups excluding carboxylic acids is 1. The van der Waals surface area contributed by atoms with Gasteiger partial charge in [0.25, 0.3) is 0 Å². The van der Waals surface area contributed by atoms with Crippen molar-refractivity contribution in [3.8, 4) is 0 Å². The number of rotatable bonds is 3. The van der Waals surface area contributed by atoms with E-state index in [4.69, 9.17) is 17.7 Å². The van der Waals surface area contributed by atoms with Crippen LogP contribution in [0, 0.1) is 0 Å². The predicted molar refractivity (Wildman–Crippen MR) is 64.0 cm³/mol. The first-order chi connectivity index (χ1) is 7.25. The summed E-state index contributed by atoms with van der Waals surface area (Å²) in [6, 6.07) is 0. The molecule has 6 nitrogen and oxygen atoms in total. The second kappa shape index (κ2) is 6.73. The van der Waals surface area contributed by atoms with Crippen LogP contribution in [-0.2, 0) is 19.6 Å².